The third kappa shape index (κ3) is 3.51. The minimum atomic E-state index is -0.485. The Kier molecular flexibility index (Phi) is 4.89. The lowest BCUT2D eigenvalue weighted by Gasteiger charge is -2.08. The van der Waals surface area contributed by atoms with Gasteiger partial charge in [-0.15, -0.1) is 10.2 Å². The van der Waals surface area contributed by atoms with E-state index in [0.29, 0.717) is 43.5 Å². The van der Waals surface area contributed by atoms with Crippen LogP contribution < -0.4 is 20.4 Å². The third-order valence-electron chi connectivity index (χ3n) is 4.00. The summed E-state index contributed by atoms with van der Waals surface area (Å²) < 4.78 is 15.9. The Morgan fingerprint density at radius 1 is 1.07 bits per heavy atom. The molecular formula is C19H14ClN3O4S. The summed E-state index contributed by atoms with van der Waals surface area (Å²) in [6, 6.07) is 12.1. The second-order valence-corrected chi connectivity index (χ2v) is 7.15. The van der Waals surface area contributed by atoms with Gasteiger partial charge in [0.05, 0.1) is 25.5 Å². The number of methoxy groups -OCH3 is 2. The Bertz CT molecular complexity index is 1220. The summed E-state index contributed by atoms with van der Waals surface area (Å²) in [5.74, 6) is 1.28. The Labute approximate surface area is 168 Å². The van der Waals surface area contributed by atoms with Crippen LogP contribution in [0.3, 0.4) is 0 Å². The van der Waals surface area contributed by atoms with Crippen LogP contribution in [0.4, 0.5) is 10.8 Å². The van der Waals surface area contributed by atoms with Gasteiger partial charge in [0, 0.05) is 10.4 Å². The average molecular weight is 416 g/mol. The standard InChI is InChI=1S/C19H14ClN3O4S/c1-25-12-4-6-15-10(7-12)8-13(18(24)27-15)17-22-23-19(28-17)21-14-9-11(20)3-5-16(14)26-2/h3-9H,1-2H3,(H,21,23). The first-order chi connectivity index (χ1) is 13.6. The van der Waals surface area contributed by atoms with E-state index in [9.17, 15) is 4.79 Å². The highest BCUT2D eigenvalue weighted by atomic mass is 35.5. The van der Waals surface area contributed by atoms with Crippen molar-refractivity contribution in [2.24, 2.45) is 0 Å². The second-order valence-electron chi connectivity index (χ2n) is 5.73. The van der Waals surface area contributed by atoms with E-state index in [1.165, 1.54) is 11.3 Å². The largest absolute Gasteiger partial charge is 0.497 e. The Balaban J connectivity index is 1.70. The Morgan fingerprint density at radius 3 is 2.71 bits per heavy atom. The normalized spacial score (nSPS) is 10.8. The monoisotopic (exact) mass is 415 g/mol. The van der Waals surface area contributed by atoms with Crippen LogP contribution in [0.1, 0.15) is 0 Å². The number of halogens is 1. The second kappa shape index (κ2) is 7.49. The molecule has 1 N–H and O–H groups in total. The van der Waals surface area contributed by atoms with E-state index >= 15 is 0 Å². The van der Waals surface area contributed by atoms with Crippen LogP contribution >= 0.6 is 22.9 Å². The number of fused-ring (bicyclic) bond motifs is 1. The van der Waals surface area contributed by atoms with Gasteiger partial charge in [-0.25, -0.2) is 4.79 Å². The van der Waals surface area contributed by atoms with E-state index in [1.54, 1.807) is 56.7 Å². The average Bonchev–Trinajstić information content (AvgIpc) is 3.15. The molecule has 0 unspecified atom stereocenters. The van der Waals surface area contributed by atoms with Gasteiger partial charge in [-0.1, -0.05) is 22.9 Å². The molecule has 0 aliphatic heterocycles. The third-order valence-corrected chi connectivity index (χ3v) is 5.10. The lowest BCUT2D eigenvalue weighted by Crippen LogP contribution is -2.02. The molecule has 7 nitrogen and oxygen atoms in total. The molecule has 0 saturated carbocycles. The summed E-state index contributed by atoms with van der Waals surface area (Å²) >= 11 is 7.27. The van der Waals surface area contributed by atoms with E-state index in [-0.39, 0.29) is 0 Å². The molecule has 0 saturated heterocycles. The van der Waals surface area contributed by atoms with E-state index in [4.69, 9.17) is 25.5 Å². The molecule has 0 spiro atoms. The molecule has 0 fully saturated rings. The highest BCUT2D eigenvalue weighted by Gasteiger charge is 2.15. The van der Waals surface area contributed by atoms with Gasteiger partial charge >= 0.3 is 5.63 Å². The van der Waals surface area contributed by atoms with Crippen molar-refractivity contribution < 1.29 is 13.9 Å². The summed E-state index contributed by atoms with van der Waals surface area (Å²) in [6.07, 6.45) is 0. The number of hydrogen-bond acceptors (Lipinski definition) is 8. The number of anilines is 2. The van der Waals surface area contributed by atoms with Gasteiger partial charge < -0.3 is 19.2 Å². The van der Waals surface area contributed by atoms with Crippen molar-refractivity contribution in [3.8, 4) is 22.1 Å². The van der Waals surface area contributed by atoms with Gasteiger partial charge in [-0.05, 0) is 42.5 Å². The first-order valence-electron chi connectivity index (χ1n) is 8.13. The van der Waals surface area contributed by atoms with Crippen LogP contribution in [0.5, 0.6) is 11.5 Å². The number of nitrogens with one attached hydrogen (secondary N) is 1. The zero-order chi connectivity index (χ0) is 19.7. The van der Waals surface area contributed by atoms with Crippen LogP contribution in [0, 0.1) is 0 Å². The molecule has 28 heavy (non-hydrogen) atoms. The summed E-state index contributed by atoms with van der Waals surface area (Å²) in [5.41, 5.74) is 0.958. The van der Waals surface area contributed by atoms with Crippen molar-refractivity contribution in [2.75, 3.05) is 19.5 Å². The maximum absolute atomic E-state index is 12.4. The number of ether oxygens (including phenoxy) is 2. The van der Waals surface area contributed by atoms with Crippen LogP contribution in [0.25, 0.3) is 21.5 Å². The topological polar surface area (TPSA) is 86.5 Å². The fraction of sp³-hybridized carbons (Fsp3) is 0.105. The lowest BCUT2D eigenvalue weighted by molar-refractivity contribution is 0.415. The molecule has 2 aromatic heterocycles. The predicted octanol–water partition coefficient (Wildman–Crippen LogP) is 4.73. The van der Waals surface area contributed by atoms with Gasteiger partial charge in [0.25, 0.3) is 0 Å². The van der Waals surface area contributed by atoms with Crippen molar-refractivity contribution in [1.29, 1.82) is 0 Å². The number of rotatable bonds is 5. The van der Waals surface area contributed by atoms with E-state index < -0.39 is 5.63 Å². The number of hydrogen-bond donors (Lipinski definition) is 1. The molecular weight excluding hydrogens is 402 g/mol. The van der Waals surface area contributed by atoms with Gasteiger partial charge in [0.2, 0.25) is 5.13 Å². The maximum atomic E-state index is 12.4. The van der Waals surface area contributed by atoms with Gasteiger partial charge in [-0.2, -0.15) is 0 Å². The quantitative estimate of drug-likeness (QED) is 0.471. The van der Waals surface area contributed by atoms with Crippen molar-refractivity contribution >= 4 is 44.7 Å². The lowest BCUT2D eigenvalue weighted by atomic mass is 10.2. The molecule has 0 bridgehead atoms. The molecule has 2 heterocycles. The van der Waals surface area contributed by atoms with Gasteiger partial charge in [0.1, 0.15) is 17.1 Å². The molecule has 0 amide bonds. The minimum absolute atomic E-state index is 0.323. The Morgan fingerprint density at radius 2 is 1.93 bits per heavy atom. The molecule has 142 valence electrons. The molecule has 0 radical (unpaired) electrons. The fourth-order valence-corrected chi connectivity index (χ4v) is 3.59. The van der Waals surface area contributed by atoms with Gasteiger partial charge in [0.15, 0.2) is 5.01 Å². The predicted molar refractivity (Wildman–Crippen MR) is 109 cm³/mol. The van der Waals surface area contributed by atoms with Crippen LogP contribution in [-0.4, -0.2) is 24.4 Å². The van der Waals surface area contributed by atoms with E-state index in [1.807, 2.05) is 0 Å². The fourth-order valence-electron chi connectivity index (χ4n) is 2.65. The summed E-state index contributed by atoms with van der Waals surface area (Å²) in [7, 11) is 3.14. The molecule has 2 aromatic carbocycles. The molecule has 0 aliphatic carbocycles. The van der Waals surface area contributed by atoms with Crippen LogP contribution in [0.2, 0.25) is 5.02 Å². The van der Waals surface area contributed by atoms with E-state index in [0.717, 1.165) is 5.39 Å². The molecule has 4 rings (SSSR count). The summed E-state index contributed by atoms with van der Waals surface area (Å²) in [6.45, 7) is 0. The van der Waals surface area contributed by atoms with Crippen molar-refractivity contribution in [3.05, 3.63) is 57.9 Å². The van der Waals surface area contributed by atoms with Crippen LogP contribution in [-0.2, 0) is 0 Å². The van der Waals surface area contributed by atoms with Gasteiger partial charge in [-0.3, -0.25) is 0 Å². The number of benzene rings is 2. The molecule has 9 heteroatoms. The van der Waals surface area contributed by atoms with Crippen LogP contribution in [0.15, 0.2) is 51.7 Å². The van der Waals surface area contributed by atoms with E-state index in [2.05, 4.69) is 15.5 Å². The maximum Gasteiger partial charge on any atom is 0.346 e. The minimum Gasteiger partial charge on any atom is -0.497 e. The van der Waals surface area contributed by atoms with Crippen molar-refractivity contribution in [3.63, 3.8) is 0 Å². The SMILES string of the molecule is COc1ccc2oc(=O)c(-c3nnc(Nc4cc(Cl)ccc4OC)s3)cc2c1. The first-order valence-corrected chi connectivity index (χ1v) is 9.33. The summed E-state index contributed by atoms with van der Waals surface area (Å²) in [4.78, 5) is 12.4. The zero-order valence-electron chi connectivity index (χ0n) is 14.9. The number of aromatic nitrogens is 2. The van der Waals surface area contributed by atoms with Crippen molar-refractivity contribution in [2.45, 2.75) is 0 Å². The molecule has 4 aromatic rings. The zero-order valence-corrected chi connectivity index (χ0v) is 16.4. The molecule has 0 aliphatic rings. The molecule has 0 atom stereocenters. The smallest absolute Gasteiger partial charge is 0.346 e. The highest BCUT2D eigenvalue weighted by molar-refractivity contribution is 7.18. The summed E-state index contributed by atoms with van der Waals surface area (Å²) in [5, 5.41) is 13.5. The number of nitrogens with zero attached hydrogens (tertiary/aromatic N) is 2. The van der Waals surface area contributed by atoms with Crippen molar-refractivity contribution in [1.82, 2.24) is 10.2 Å². The Hall–Kier alpha value is -3.10. The first kappa shape index (κ1) is 18.3. The highest BCUT2D eigenvalue weighted by Crippen LogP contribution is 2.33.